The van der Waals surface area contributed by atoms with E-state index in [-0.39, 0.29) is 11.5 Å². The molecular weight excluding hydrogens is 414 g/mol. The first-order valence-corrected chi connectivity index (χ1v) is 10.0. The summed E-state index contributed by atoms with van der Waals surface area (Å²) >= 11 is 0. The summed E-state index contributed by atoms with van der Waals surface area (Å²) in [5, 5.41) is 4.80. The van der Waals surface area contributed by atoms with E-state index in [0.717, 1.165) is 0 Å². The van der Waals surface area contributed by atoms with Crippen LogP contribution in [0.1, 0.15) is 55.4 Å². The number of carbonyl (C=O) groups excluding carboxylic acids is 3. The maximum absolute atomic E-state index is 12.2. The maximum atomic E-state index is 12.2. The topological polar surface area (TPSA) is 115 Å². The van der Waals surface area contributed by atoms with Crippen LogP contribution in [-0.4, -0.2) is 42.4 Å². The number of guanidine groups is 1. The number of hydrogen-bond acceptors (Lipinski definition) is 7. The summed E-state index contributed by atoms with van der Waals surface area (Å²) in [5.74, 6) is -0.737. The number of allylic oxidation sites excluding steroid dienone is 5. The van der Waals surface area contributed by atoms with Crippen molar-refractivity contribution in [2.75, 3.05) is 7.11 Å². The predicted molar refractivity (Wildman–Crippen MR) is 124 cm³/mol. The zero-order valence-corrected chi connectivity index (χ0v) is 20.4. The van der Waals surface area contributed by atoms with Crippen molar-refractivity contribution in [3.05, 3.63) is 47.7 Å². The number of amides is 2. The number of hydrogen-bond donors (Lipinski definition) is 2. The van der Waals surface area contributed by atoms with Crippen LogP contribution in [0.3, 0.4) is 0 Å². The molecule has 0 aromatic heterocycles. The molecule has 0 aromatic rings. The van der Waals surface area contributed by atoms with Crippen molar-refractivity contribution in [3.63, 3.8) is 0 Å². The van der Waals surface area contributed by atoms with Crippen molar-refractivity contribution >= 4 is 24.1 Å². The average molecular weight is 450 g/mol. The Morgan fingerprint density at radius 2 is 1.25 bits per heavy atom. The third-order valence-corrected chi connectivity index (χ3v) is 3.02. The third-order valence-electron chi connectivity index (χ3n) is 3.02. The largest absolute Gasteiger partial charge is 0.465 e. The molecule has 0 bridgehead atoms. The van der Waals surface area contributed by atoms with Gasteiger partial charge in [-0.1, -0.05) is 18.2 Å². The Hall–Kier alpha value is -3.36. The highest BCUT2D eigenvalue weighted by Gasteiger charge is 2.21. The van der Waals surface area contributed by atoms with Crippen LogP contribution < -0.4 is 10.6 Å². The Bertz CT molecular complexity index is 790. The number of ether oxygens (including phenoxy) is 3. The molecule has 9 heteroatoms. The van der Waals surface area contributed by atoms with Crippen LogP contribution in [0.2, 0.25) is 0 Å². The van der Waals surface area contributed by atoms with Gasteiger partial charge in [0.15, 0.2) is 0 Å². The minimum absolute atomic E-state index is 0.211. The van der Waals surface area contributed by atoms with Gasteiger partial charge in [-0.05, 0) is 73.6 Å². The van der Waals surface area contributed by atoms with Gasteiger partial charge in [0.05, 0.1) is 18.4 Å². The maximum Gasteiger partial charge on any atom is 0.414 e. The van der Waals surface area contributed by atoms with Crippen molar-refractivity contribution in [1.82, 2.24) is 10.6 Å². The van der Waals surface area contributed by atoms with E-state index >= 15 is 0 Å². The summed E-state index contributed by atoms with van der Waals surface area (Å²) in [4.78, 5) is 40.6. The molecule has 0 aromatic carbocycles. The van der Waals surface area contributed by atoms with Crippen molar-refractivity contribution < 1.29 is 28.6 Å². The molecule has 0 aliphatic heterocycles. The summed E-state index contributed by atoms with van der Waals surface area (Å²) < 4.78 is 15.2. The van der Waals surface area contributed by atoms with E-state index in [0.29, 0.717) is 5.70 Å². The molecule has 0 aliphatic rings. The fraction of sp³-hybridized carbons (Fsp3) is 0.478. The lowest BCUT2D eigenvalue weighted by atomic mass is 10.2. The summed E-state index contributed by atoms with van der Waals surface area (Å²) in [6.45, 7) is 13.8. The Labute approximate surface area is 190 Å². The Morgan fingerprint density at radius 1 is 0.781 bits per heavy atom. The monoisotopic (exact) mass is 449 g/mol. The fourth-order valence-electron chi connectivity index (χ4n) is 1.98. The zero-order chi connectivity index (χ0) is 24.9. The molecule has 0 radical (unpaired) electrons. The predicted octanol–water partition coefficient (Wildman–Crippen LogP) is 4.53. The second-order valence-corrected chi connectivity index (χ2v) is 8.42. The van der Waals surface area contributed by atoms with Crippen LogP contribution in [-0.2, 0) is 19.0 Å². The summed E-state index contributed by atoms with van der Waals surface area (Å²) in [6, 6.07) is 0. The van der Waals surface area contributed by atoms with E-state index in [1.54, 1.807) is 79.7 Å². The molecule has 0 atom stereocenters. The Balaban J connectivity index is 6.12. The average Bonchev–Trinajstić information content (AvgIpc) is 2.61. The summed E-state index contributed by atoms with van der Waals surface area (Å²) in [7, 11) is 1.28. The SMILES string of the molecule is C\C=C/C(=C\C=C(/C=C/C)N=C(NC(=O)OC(C)(C)C)NC(=O)OC(C)(C)C)C(=O)OC. The van der Waals surface area contributed by atoms with E-state index in [1.807, 2.05) is 0 Å². The van der Waals surface area contributed by atoms with Crippen LogP contribution in [0.25, 0.3) is 0 Å². The molecule has 0 spiro atoms. The number of methoxy groups -OCH3 is 1. The molecule has 178 valence electrons. The van der Waals surface area contributed by atoms with Gasteiger partial charge < -0.3 is 14.2 Å². The molecular formula is C23H35N3O6. The molecule has 0 fully saturated rings. The zero-order valence-electron chi connectivity index (χ0n) is 20.4. The van der Waals surface area contributed by atoms with Crippen molar-refractivity contribution in [3.8, 4) is 0 Å². The summed E-state index contributed by atoms with van der Waals surface area (Å²) in [6.07, 6.45) is 8.00. The van der Waals surface area contributed by atoms with Gasteiger partial charge >= 0.3 is 18.2 Å². The lowest BCUT2D eigenvalue weighted by molar-refractivity contribution is -0.135. The Kier molecular flexibility index (Phi) is 11.8. The second-order valence-electron chi connectivity index (χ2n) is 8.42. The van der Waals surface area contributed by atoms with Crippen LogP contribution in [0.4, 0.5) is 9.59 Å². The first kappa shape index (κ1) is 28.6. The molecule has 0 rings (SSSR count). The van der Waals surface area contributed by atoms with Crippen LogP contribution in [0.15, 0.2) is 52.7 Å². The van der Waals surface area contributed by atoms with Crippen molar-refractivity contribution in [1.29, 1.82) is 0 Å². The van der Waals surface area contributed by atoms with Crippen molar-refractivity contribution in [2.24, 2.45) is 4.99 Å². The number of nitrogens with one attached hydrogen (secondary N) is 2. The van der Waals surface area contributed by atoms with Crippen LogP contribution >= 0.6 is 0 Å². The smallest absolute Gasteiger partial charge is 0.414 e. The molecule has 2 N–H and O–H groups in total. The minimum atomic E-state index is -0.813. The quantitative estimate of drug-likeness (QED) is 0.159. The van der Waals surface area contributed by atoms with Gasteiger partial charge in [-0.3, -0.25) is 10.6 Å². The highest BCUT2D eigenvalue weighted by molar-refractivity contribution is 6.02. The van der Waals surface area contributed by atoms with Gasteiger partial charge in [0.2, 0.25) is 5.96 Å². The molecule has 0 unspecified atom stereocenters. The Morgan fingerprint density at radius 3 is 1.62 bits per heavy atom. The van der Waals surface area contributed by atoms with E-state index in [2.05, 4.69) is 15.6 Å². The van der Waals surface area contributed by atoms with E-state index in [9.17, 15) is 14.4 Å². The lowest BCUT2D eigenvalue weighted by Gasteiger charge is -2.22. The van der Waals surface area contributed by atoms with Gasteiger partial charge in [0.25, 0.3) is 0 Å². The fourth-order valence-corrected chi connectivity index (χ4v) is 1.98. The number of esters is 1. The van der Waals surface area contributed by atoms with Gasteiger partial charge in [0.1, 0.15) is 11.2 Å². The van der Waals surface area contributed by atoms with Crippen molar-refractivity contribution in [2.45, 2.75) is 66.6 Å². The standard InChI is InChI=1S/C23H35N3O6/c1-10-12-16(18(27)30-9)14-15-17(13-11-2)24-19(25-20(28)31-22(3,4)5)26-21(29)32-23(6,7)8/h10-15H,1-9H3,(H2,24,25,26,28,29)/b12-10-,13-11+,16-14+,17-15+. The first-order valence-electron chi connectivity index (χ1n) is 10.0. The van der Waals surface area contributed by atoms with Gasteiger partial charge in [-0.2, -0.15) is 0 Å². The second kappa shape index (κ2) is 13.1. The number of rotatable bonds is 5. The summed E-state index contributed by atoms with van der Waals surface area (Å²) in [5.41, 5.74) is -0.906. The molecule has 0 saturated heterocycles. The number of carbonyl (C=O) groups is 3. The third kappa shape index (κ3) is 13.8. The number of aliphatic imine (C=N–C) groups is 1. The highest BCUT2D eigenvalue weighted by Crippen LogP contribution is 2.09. The molecule has 0 aliphatic carbocycles. The molecule has 32 heavy (non-hydrogen) atoms. The molecule has 9 nitrogen and oxygen atoms in total. The first-order chi connectivity index (χ1) is 14.7. The normalized spacial score (nSPS) is 13.0. The van der Waals surface area contributed by atoms with Gasteiger partial charge in [-0.25, -0.2) is 19.4 Å². The van der Waals surface area contributed by atoms with E-state index in [4.69, 9.17) is 14.2 Å². The molecule has 2 amide bonds. The number of nitrogens with zero attached hydrogens (tertiary/aromatic N) is 1. The van der Waals surface area contributed by atoms with Gasteiger partial charge in [-0.15, -0.1) is 0 Å². The molecule has 0 saturated carbocycles. The van der Waals surface area contributed by atoms with Crippen LogP contribution in [0, 0.1) is 0 Å². The molecule has 0 heterocycles. The minimum Gasteiger partial charge on any atom is -0.465 e. The van der Waals surface area contributed by atoms with E-state index in [1.165, 1.54) is 19.3 Å². The number of alkyl carbamates (subject to hydrolysis) is 2. The van der Waals surface area contributed by atoms with Gasteiger partial charge in [0, 0.05) is 0 Å². The van der Waals surface area contributed by atoms with E-state index < -0.39 is 29.4 Å². The highest BCUT2D eigenvalue weighted by atomic mass is 16.6. The lowest BCUT2D eigenvalue weighted by Crippen LogP contribution is -2.47. The van der Waals surface area contributed by atoms with Crippen LogP contribution in [0.5, 0.6) is 0 Å².